The van der Waals surface area contributed by atoms with Gasteiger partial charge in [-0.1, -0.05) is 46.1 Å². The van der Waals surface area contributed by atoms with Gasteiger partial charge in [0.2, 0.25) is 0 Å². The molecule has 90 valence electrons. The molecule has 0 aromatic carbocycles. The van der Waals surface area contributed by atoms with Crippen molar-refractivity contribution in [3.8, 4) is 0 Å². The van der Waals surface area contributed by atoms with E-state index in [0.717, 1.165) is 11.8 Å². The molecule has 0 saturated carbocycles. The third kappa shape index (κ3) is 4.24. The summed E-state index contributed by atoms with van der Waals surface area (Å²) in [5.41, 5.74) is 0.461. The van der Waals surface area contributed by atoms with Gasteiger partial charge < -0.3 is 5.32 Å². The van der Waals surface area contributed by atoms with Crippen molar-refractivity contribution in [3.63, 3.8) is 0 Å². The van der Waals surface area contributed by atoms with E-state index < -0.39 is 0 Å². The van der Waals surface area contributed by atoms with E-state index in [-0.39, 0.29) is 5.91 Å². The van der Waals surface area contributed by atoms with Crippen molar-refractivity contribution in [2.75, 3.05) is 11.9 Å². The van der Waals surface area contributed by atoms with Crippen molar-refractivity contribution >= 4 is 56.4 Å². The van der Waals surface area contributed by atoms with Crippen LogP contribution in [0.25, 0.3) is 0 Å². The van der Waals surface area contributed by atoms with Gasteiger partial charge in [0.25, 0.3) is 5.91 Å². The Morgan fingerprint density at radius 2 is 2.31 bits per heavy atom. The first-order valence-electron chi connectivity index (χ1n) is 4.83. The molecule has 6 heteroatoms. The first-order chi connectivity index (χ1) is 7.54. The topological polar surface area (TPSA) is 29.1 Å². The molecule has 1 aromatic rings. The van der Waals surface area contributed by atoms with E-state index in [1.807, 2.05) is 0 Å². The maximum atomic E-state index is 11.7. The van der Waals surface area contributed by atoms with Gasteiger partial charge in [0.1, 0.15) is 4.34 Å². The van der Waals surface area contributed by atoms with Crippen molar-refractivity contribution in [2.45, 2.75) is 13.3 Å². The molecule has 0 radical (unpaired) electrons. The van der Waals surface area contributed by atoms with Crippen LogP contribution in [-0.2, 0) is 0 Å². The molecule has 0 aliphatic carbocycles. The second kappa shape index (κ2) is 6.84. The zero-order valence-electron chi connectivity index (χ0n) is 8.73. The molecule has 1 aromatic heterocycles. The molecule has 2 nitrogen and oxygen atoms in total. The van der Waals surface area contributed by atoms with Crippen molar-refractivity contribution in [2.24, 2.45) is 5.92 Å². The van der Waals surface area contributed by atoms with Crippen LogP contribution in [0, 0.1) is 5.92 Å². The number of halogens is 3. The van der Waals surface area contributed by atoms with Crippen molar-refractivity contribution in [1.82, 2.24) is 5.32 Å². The lowest BCUT2D eigenvalue weighted by atomic mass is 10.1. The lowest BCUT2D eigenvalue weighted by Crippen LogP contribution is -2.28. The van der Waals surface area contributed by atoms with Gasteiger partial charge in [-0.2, -0.15) is 0 Å². The van der Waals surface area contributed by atoms with Gasteiger partial charge in [-0.3, -0.25) is 4.79 Å². The summed E-state index contributed by atoms with van der Waals surface area (Å²) in [4.78, 5) is 11.7. The van der Waals surface area contributed by atoms with Crippen LogP contribution in [0.15, 0.2) is 6.07 Å². The quantitative estimate of drug-likeness (QED) is 0.796. The summed E-state index contributed by atoms with van der Waals surface area (Å²) in [6.07, 6.45) is 1.03. The molecule has 1 N–H and O–H groups in total. The molecular weight excluding hydrogens is 333 g/mol. The molecular formula is C10H12BrCl2NOS. The third-order valence-electron chi connectivity index (χ3n) is 2.11. The summed E-state index contributed by atoms with van der Waals surface area (Å²) in [7, 11) is 0. The highest BCUT2D eigenvalue weighted by Crippen LogP contribution is 2.30. The number of hydrogen-bond donors (Lipinski definition) is 1. The Kier molecular flexibility index (Phi) is 6.11. The van der Waals surface area contributed by atoms with Crippen LogP contribution in [0.4, 0.5) is 0 Å². The predicted molar refractivity (Wildman–Crippen MR) is 74.2 cm³/mol. The van der Waals surface area contributed by atoms with E-state index in [1.165, 1.54) is 11.3 Å². The molecule has 1 heterocycles. The molecule has 0 spiro atoms. The van der Waals surface area contributed by atoms with E-state index in [2.05, 4.69) is 28.2 Å². The number of carbonyl (C=O) groups excluding carboxylic acids is 1. The van der Waals surface area contributed by atoms with Crippen LogP contribution in [0.2, 0.25) is 8.67 Å². The van der Waals surface area contributed by atoms with Gasteiger partial charge >= 0.3 is 0 Å². The minimum atomic E-state index is -0.158. The number of thiophene rings is 1. The Balaban J connectivity index is 2.50. The zero-order valence-corrected chi connectivity index (χ0v) is 12.6. The predicted octanol–water partition coefficient (Wildman–Crippen LogP) is 4.21. The van der Waals surface area contributed by atoms with Gasteiger partial charge in [-0.25, -0.2) is 0 Å². The van der Waals surface area contributed by atoms with Gasteiger partial charge in [-0.05, 0) is 18.4 Å². The molecule has 0 bridgehead atoms. The normalized spacial score (nSPS) is 12.5. The maximum Gasteiger partial charge on any atom is 0.253 e. The minimum Gasteiger partial charge on any atom is -0.352 e. The fourth-order valence-corrected chi connectivity index (χ4v) is 3.39. The lowest BCUT2D eigenvalue weighted by molar-refractivity contribution is 0.0948. The van der Waals surface area contributed by atoms with Crippen LogP contribution < -0.4 is 5.32 Å². The van der Waals surface area contributed by atoms with Crippen LogP contribution in [0.1, 0.15) is 23.7 Å². The number of amides is 1. The Morgan fingerprint density at radius 1 is 1.62 bits per heavy atom. The second-order valence-electron chi connectivity index (χ2n) is 3.53. The van der Waals surface area contributed by atoms with Crippen LogP contribution >= 0.6 is 50.5 Å². The van der Waals surface area contributed by atoms with Crippen molar-refractivity contribution in [1.29, 1.82) is 0 Å². The highest BCUT2D eigenvalue weighted by Gasteiger charge is 2.14. The van der Waals surface area contributed by atoms with E-state index in [9.17, 15) is 4.79 Å². The molecule has 1 rings (SSSR count). The highest BCUT2D eigenvalue weighted by atomic mass is 79.9. The number of hydrogen-bond acceptors (Lipinski definition) is 2. The summed E-state index contributed by atoms with van der Waals surface area (Å²) in [5, 5.41) is 3.78. The summed E-state index contributed by atoms with van der Waals surface area (Å²) in [6, 6.07) is 1.60. The van der Waals surface area contributed by atoms with Crippen molar-refractivity contribution < 1.29 is 4.79 Å². The summed E-state index contributed by atoms with van der Waals surface area (Å²) in [5.74, 6) is 0.283. The second-order valence-corrected chi connectivity index (χ2v) is 6.61. The molecule has 1 unspecified atom stereocenters. The Morgan fingerprint density at radius 3 is 2.81 bits per heavy atom. The fraction of sp³-hybridized carbons (Fsp3) is 0.500. The molecule has 0 saturated heterocycles. The Bertz CT molecular complexity index is 370. The standard InChI is InChI=1S/C10H12BrCl2NOS/c1-6(2-3-11)5-14-10(15)7-4-8(12)16-9(7)13/h4,6H,2-3,5H2,1H3,(H,14,15). The van der Waals surface area contributed by atoms with Gasteiger partial charge in [0, 0.05) is 11.9 Å². The Hall–Kier alpha value is 0.230. The molecule has 1 amide bonds. The molecule has 0 aliphatic heterocycles. The number of rotatable bonds is 5. The van der Waals surface area contributed by atoms with E-state index in [4.69, 9.17) is 23.2 Å². The van der Waals surface area contributed by atoms with E-state index in [0.29, 0.717) is 26.7 Å². The first kappa shape index (κ1) is 14.3. The monoisotopic (exact) mass is 343 g/mol. The smallest absolute Gasteiger partial charge is 0.253 e. The average Bonchev–Trinajstić information content (AvgIpc) is 2.55. The number of alkyl halides is 1. The molecule has 0 fully saturated rings. The molecule has 16 heavy (non-hydrogen) atoms. The van der Waals surface area contributed by atoms with E-state index >= 15 is 0 Å². The number of nitrogens with one attached hydrogen (secondary N) is 1. The average molecular weight is 345 g/mol. The van der Waals surface area contributed by atoms with Crippen LogP contribution in [0.3, 0.4) is 0 Å². The number of carbonyl (C=O) groups is 1. The van der Waals surface area contributed by atoms with Gasteiger partial charge in [0.15, 0.2) is 0 Å². The fourth-order valence-electron chi connectivity index (χ4n) is 1.15. The summed E-state index contributed by atoms with van der Waals surface area (Å²) in [6.45, 7) is 2.73. The largest absolute Gasteiger partial charge is 0.352 e. The summed E-state index contributed by atoms with van der Waals surface area (Å²) < 4.78 is 0.972. The highest BCUT2D eigenvalue weighted by molar-refractivity contribution is 9.09. The molecule has 1 atom stereocenters. The van der Waals surface area contributed by atoms with Gasteiger partial charge in [0.05, 0.1) is 9.90 Å². The maximum absolute atomic E-state index is 11.7. The van der Waals surface area contributed by atoms with E-state index in [1.54, 1.807) is 6.07 Å². The van der Waals surface area contributed by atoms with Crippen molar-refractivity contribution in [3.05, 3.63) is 20.3 Å². The zero-order chi connectivity index (χ0) is 12.1. The van der Waals surface area contributed by atoms with Gasteiger partial charge in [-0.15, -0.1) is 11.3 Å². The first-order valence-corrected chi connectivity index (χ1v) is 7.53. The Labute approximate surface area is 117 Å². The third-order valence-corrected chi connectivity index (χ3v) is 4.06. The van der Waals surface area contributed by atoms with Crippen LogP contribution in [-0.4, -0.2) is 17.8 Å². The van der Waals surface area contributed by atoms with Crippen LogP contribution in [0.5, 0.6) is 0 Å². The minimum absolute atomic E-state index is 0.158. The SMILES string of the molecule is CC(CCBr)CNC(=O)c1cc(Cl)sc1Cl. The molecule has 0 aliphatic rings. The summed E-state index contributed by atoms with van der Waals surface area (Å²) >= 11 is 16.2. The lowest BCUT2D eigenvalue weighted by Gasteiger charge is -2.10.